The monoisotopic (exact) mass is 303 g/mol. The molecule has 0 aromatic carbocycles. The van der Waals surface area contributed by atoms with Gasteiger partial charge in [0.2, 0.25) is 11.9 Å². The van der Waals surface area contributed by atoms with Crippen molar-refractivity contribution in [3.8, 4) is 0 Å². The zero-order chi connectivity index (χ0) is 16.3. The van der Waals surface area contributed by atoms with E-state index >= 15 is 0 Å². The van der Waals surface area contributed by atoms with Gasteiger partial charge in [-0.1, -0.05) is 0 Å². The van der Waals surface area contributed by atoms with Crippen LogP contribution >= 0.6 is 0 Å². The first-order valence-corrected chi connectivity index (χ1v) is 6.92. The number of rotatable bonds is 5. The molecule has 2 aromatic heterocycles. The predicted molar refractivity (Wildman–Crippen MR) is 86.3 cm³/mol. The molecular weight excluding hydrogens is 282 g/mol. The van der Waals surface area contributed by atoms with E-state index in [9.17, 15) is 4.79 Å². The highest BCUT2D eigenvalue weighted by Gasteiger charge is 2.18. The lowest BCUT2D eigenvalue weighted by atomic mass is 10.3. The molecule has 118 valence electrons. The normalized spacial score (nSPS) is 11.9. The first-order chi connectivity index (χ1) is 10.4. The number of amides is 1. The number of aromatic nitrogens is 4. The zero-order valence-corrected chi connectivity index (χ0v) is 13.5. The minimum Gasteiger partial charge on any atom is -0.361 e. The van der Waals surface area contributed by atoms with Crippen LogP contribution in [0.25, 0.3) is 0 Å². The number of nitrogens with zero attached hydrogens (tertiary/aromatic N) is 6. The molecule has 1 N–H and O–H groups in total. The summed E-state index contributed by atoms with van der Waals surface area (Å²) >= 11 is 0. The maximum absolute atomic E-state index is 12.3. The first kappa shape index (κ1) is 15.7. The average Bonchev–Trinajstić information content (AvgIpc) is 3.00. The van der Waals surface area contributed by atoms with Gasteiger partial charge < -0.3 is 15.1 Å². The quantitative estimate of drug-likeness (QED) is 0.888. The summed E-state index contributed by atoms with van der Waals surface area (Å²) in [7, 11) is 7.47. The molecular formula is C14H21N7O. The molecule has 2 rings (SSSR count). The third-order valence-corrected chi connectivity index (χ3v) is 3.14. The second-order valence-electron chi connectivity index (χ2n) is 5.35. The van der Waals surface area contributed by atoms with E-state index in [4.69, 9.17) is 0 Å². The standard InChI is InChI=1S/C14H21N7O/c1-10(21-8-6-7-16-21)13(22)17-11-9-15-14(20(4)5)18-12(11)19(2)3/h6-10H,1-5H3,(H,17,22). The van der Waals surface area contributed by atoms with Crippen molar-refractivity contribution in [1.82, 2.24) is 19.7 Å². The number of anilines is 3. The predicted octanol–water partition coefficient (Wildman–Crippen LogP) is 1.00. The Morgan fingerprint density at radius 1 is 1.27 bits per heavy atom. The Morgan fingerprint density at radius 2 is 2.00 bits per heavy atom. The second kappa shape index (κ2) is 6.42. The zero-order valence-electron chi connectivity index (χ0n) is 13.5. The molecule has 22 heavy (non-hydrogen) atoms. The Bertz CT molecular complexity index is 637. The second-order valence-corrected chi connectivity index (χ2v) is 5.35. The van der Waals surface area contributed by atoms with Crippen molar-refractivity contribution >= 4 is 23.4 Å². The topological polar surface area (TPSA) is 79.2 Å². The molecule has 0 aliphatic carbocycles. The Hall–Kier alpha value is -2.64. The molecule has 0 saturated heterocycles. The van der Waals surface area contributed by atoms with Crippen molar-refractivity contribution < 1.29 is 4.79 Å². The van der Waals surface area contributed by atoms with Crippen LogP contribution in [0.4, 0.5) is 17.5 Å². The van der Waals surface area contributed by atoms with Crippen molar-refractivity contribution in [2.75, 3.05) is 43.3 Å². The van der Waals surface area contributed by atoms with Crippen LogP contribution in [0.5, 0.6) is 0 Å². The number of carbonyl (C=O) groups is 1. The van der Waals surface area contributed by atoms with E-state index in [1.165, 1.54) is 0 Å². The Kier molecular flexibility index (Phi) is 4.59. The van der Waals surface area contributed by atoms with Crippen LogP contribution < -0.4 is 15.1 Å². The third kappa shape index (κ3) is 3.33. The van der Waals surface area contributed by atoms with Crippen molar-refractivity contribution in [3.05, 3.63) is 24.7 Å². The molecule has 0 bridgehead atoms. The Balaban J connectivity index is 2.23. The van der Waals surface area contributed by atoms with Crippen molar-refractivity contribution in [2.24, 2.45) is 0 Å². The fourth-order valence-corrected chi connectivity index (χ4v) is 1.88. The van der Waals surface area contributed by atoms with E-state index in [2.05, 4.69) is 20.4 Å². The van der Waals surface area contributed by atoms with Gasteiger partial charge >= 0.3 is 0 Å². The van der Waals surface area contributed by atoms with Crippen LogP contribution in [-0.4, -0.2) is 53.8 Å². The summed E-state index contributed by atoms with van der Waals surface area (Å²) in [5.41, 5.74) is 0.569. The smallest absolute Gasteiger partial charge is 0.249 e. The first-order valence-electron chi connectivity index (χ1n) is 6.92. The molecule has 8 heteroatoms. The van der Waals surface area contributed by atoms with Gasteiger partial charge in [-0.2, -0.15) is 10.1 Å². The minimum absolute atomic E-state index is 0.173. The molecule has 0 aliphatic heterocycles. The fourth-order valence-electron chi connectivity index (χ4n) is 1.88. The summed E-state index contributed by atoms with van der Waals surface area (Å²) in [5.74, 6) is 1.06. The molecule has 1 atom stereocenters. The molecule has 2 heterocycles. The van der Waals surface area contributed by atoms with Crippen LogP contribution in [0.1, 0.15) is 13.0 Å². The highest BCUT2D eigenvalue weighted by atomic mass is 16.2. The van der Waals surface area contributed by atoms with Gasteiger partial charge in [-0.25, -0.2) is 4.98 Å². The summed E-state index contributed by atoms with van der Waals surface area (Å²) in [4.78, 5) is 24.7. The molecule has 0 aliphatic rings. The molecule has 1 amide bonds. The van der Waals surface area contributed by atoms with E-state index in [1.54, 1.807) is 36.3 Å². The third-order valence-electron chi connectivity index (χ3n) is 3.14. The van der Waals surface area contributed by atoms with Crippen molar-refractivity contribution in [2.45, 2.75) is 13.0 Å². The molecule has 8 nitrogen and oxygen atoms in total. The SMILES string of the molecule is CC(C(=O)Nc1cnc(N(C)C)nc1N(C)C)n1cccn1. The van der Waals surface area contributed by atoms with Crippen LogP contribution in [0.2, 0.25) is 0 Å². The van der Waals surface area contributed by atoms with E-state index in [0.29, 0.717) is 17.5 Å². The lowest BCUT2D eigenvalue weighted by Crippen LogP contribution is -2.26. The highest BCUT2D eigenvalue weighted by Crippen LogP contribution is 2.23. The molecule has 0 saturated carbocycles. The van der Waals surface area contributed by atoms with E-state index in [-0.39, 0.29) is 5.91 Å². The maximum atomic E-state index is 12.3. The van der Waals surface area contributed by atoms with Gasteiger partial charge in [0.15, 0.2) is 5.82 Å². The maximum Gasteiger partial charge on any atom is 0.249 e. The summed E-state index contributed by atoms with van der Waals surface area (Å²) in [6.07, 6.45) is 5.01. The largest absolute Gasteiger partial charge is 0.361 e. The number of hydrogen-bond acceptors (Lipinski definition) is 6. The molecule has 0 radical (unpaired) electrons. The molecule has 2 aromatic rings. The van der Waals surface area contributed by atoms with Gasteiger partial charge in [-0.05, 0) is 13.0 Å². The van der Waals surface area contributed by atoms with Gasteiger partial charge in [-0.15, -0.1) is 0 Å². The number of hydrogen-bond donors (Lipinski definition) is 1. The van der Waals surface area contributed by atoms with Gasteiger partial charge in [0, 0.05) is 40.6 Å². The van der Waals surface area contributed by atoms with Crippen LogP contribution in [-0.2, 0) is 4.79 Å². The minimum atomic E-state index is -0.418. The summed E-state index contributed by atoms with van der Waals surface area (Å²) in [5, 5.41) is 6.94. The number of carbonyl (C=O) groups excluding carboxylic acids is 1. The molecule has 0 spiro atoms. The number of nitrogens with one attached hydrogen (secondary N) is 1. The summed E-state index contributed by atoms with van der Waals surface area (Å²) < 4.78 is 1.60. The van der Waals surface area contributed by atoms with Gasteiger partial charge in [0.25, 0.3) is 0 Å². The molecule has 1 unspecified atom stereocenters. The van der Waals surface area contributed by atoms with Crippen molar-refractivity contribution in [1.29, 1.82) is 0 Å². The van der Waals surface area contributed by atoms with Gasteiger partial charge in [0.05, 0.1) is 6.20 Å². The van der Waals surface area contributed by atoms with Crippen LogP contribution in [0.15, 0.2) is 24.7 Å². The van der Waals surface area contributed by atoms with Crippen LogP contribution in [0, 0.1) is 0 Å². The van der Waals surface area contributed by atoms with Crippen molar-refractivity contribution in [3.63, 3.8) is 0 Å². The van der Waals surface area contributed by atoms with E-state index in [0.717, 1.165) is 0 Å². The van der Waals surface area contributed by atoms with Crippen LogP contribution in [0.3, 0.4) is 0 Å². The van der Waals surface area contributed by atoms with Gasteiger partial charge in [0.1, 0.15) is 11.7 Å². The highest BCUT2D eigenvalue weighted by molar-refractivity contribution is 5.95. The summed E-state index contributed by atoms with van der Waals surface area (Å²) in [6.45, 7) is 1.78. The average molecular weight is 303 g/mol. The lowest BCUT2D eigenvalue weighted by molar-refractivity contribution is -0.119. The lowest BCUT2D eigenvalue weighted by Gasteiger charge is -2.20. The Labute approximate surface area is 129 Å². The molecule has 0 fully saturated rings. The van der Waals surface area contributed by atoms with E-state index in [1.807, 2.05) is 38.0 Å². The fraction of sp³-hybridized carbons (Fsp3) is 0.429. The Morgan fingerprint density at radius 3 is 2.55 bits per heavy atom. The van der Waals surface area contributed by atoms with Gasteiger partial charge in [-0.3, -0.25) is 9.48 Å². The summed E-state index contributed by atoms with van der Waals surface area (Å²) in [6, 6.07) is 1.36. The van der Waals surface area contributed by atoms with E-state index < -0.39 is 6.04 Å².